The number of hydrogen-bond acceptors (Lipinski definition) is 6. The van der Waals surface area contributed by atoms with Gasteiger partial charge in [0.25, 0.3) is 5.91 Å². The molecule has 0 aliphatic heterocycles. The van der Waals surface area contributed by atoms with E-state index in [-0.39, 0.29) is 0 Å². The number of nitrogens with zero attached hydrogens (tertiary/aromatic N) is 1. The second-order valence-corrected chi connectivity index (χ2v) is 6.56. The van der Waals surface area contributed by atoms with Crippen LogP contribution in [0.15, 0.2) is 48.5 Å². The summed E-state index contributed by atoms with van der Waals surface area (Å²) in [5.41, 5.74) is 2.30. The molecule has 1 amide bonds. The Balaban J connectivity index is 1.84. The van der Waals surface area contributed by atoms with E-state index in [0.717, 1.165) is 25.2 Å². The van der Waals surface area contributed by atoms with E-state index in [2.05, 4.69) is 24.1 Å². The van der Waals surface area contributed by atoms with Crippen molar-refractivity contribution in [2.45, 2.75) is 27.2 Å². The molecule has 0 fully saturated rings. The van der Waals surface area contributed by atoms with Gasteiger partial charge in [0, 0.05) is 24.5 Å². The molecule has 7 nitrogen and oxygen atoms in total. The van der Waals surface area contributed by atoms with Crippen molar-refractivity contribution in [3.63, 3.8) is 0 Å². The van der Waals surface area contributed by atoms with E-state index in [1.807, 2.05) is 19.1 Å². The molecule has 0 spiro atoms. The third-order valence-electron chi connectivity index (χ3n) is 4.41. The largest absolute Gasteiger partial charge is 0.462 e. The minimum absolute atomic E-state index is 0.362. The lowest BCUT2D eigenvalue weighted by atomic mass is 10.2. The number of benzene rings is 2. The molecule has 1 N–H and O–H groups in total. The van der Waals surface area contributed by atoms with E-state index < -0.39 is 24.5 Å². The summed E-state index contributed by atoms with van der Waals surface area (Å²) in [6.45, 7) is 7.76. The SMILES string of the molecule is CCCOC(=O)c1ccc(NC(=O)COC(=O)c2ccc(N(CC)CC)cc2)cc1. The maximum absolute atomic E-state index is 12.2. The Labute approximate surface area is 177 Å². The van der Waals surface area contributed by atoms with Crippen LogP contribution in [0.2, 0.25) is 0 Å². The van der Waals surface area contributed by atoms with Gasteiger partial charge >= 0.3 is 11.9 Å². The summed E-state index contributed by atoms with van der Waals surface area (Å²) in [5, 5.41) is 2.62. The Morgan fingerprint density at radius 2 is 1.33 bits per heavy atom. The molecule has 0 aliphatic rings. The third-order valence-corrected chi connectivity index (χ3v) is 4.41. The zero-order valence-electron chi connectivity index (χ0n) is 17.6. The second-order valence-electron chi connectivity index (χ2n) is 6.56. The first-order valence-electron chi connectivity index (χ1n) is 10.1. The van der Waals surface area contributed by atoms with Crippen LogP contribution in [-0.4, -0.2) is 44.1 Å². The van der Waals surface area contributed by atoms with Gasteiger partial charge in [0.15, 0.2) is 6.61 Å². The molecule has 0 atom stereocenters. The van der Waals surface area contributed by atoms with Crippen molar-refractivity contribution in [2.75, 3.05) is 36.5 Å². The van der Waals surface area contributed by atoms with Crippen LogP contribution in [0.1, 0.15) is 47.9 Å². The predicted molar refractivity (Wildman–Crippen MR) is 116 cm³/mol. The van der Waals surface area contributed by atoms with Crippen LogP contribution in [0.25, 0.3) is 0 Å². The highest BCUT2D eigenvalue weighted by atomic mass is 16.5. The molecule has 0 aromatic heterocycles. The van der Waals surface area contributed by atoms with Crippen LogP contribution >= 0.6 is 0 Å². The molecule has 30 heavy (non-hydrogen) atoms. The molecule has 2 aromatic rings. The second kappa shape index (κ2) is 11.6. The van der Waals surface area contributed by atoms with Crippen molar-refractivity contribution >= 4 is 29.2 Å². The van der Waals surface area contributed by atoms with Gasteiger partial charge in [0.1, 0.15) is 0 Å². The van der Waals surface area contributed by atoms with Gasteiger partial charge in [0.05, 0.1) is 17.7 Å². The third kappa shape index (κ3) is 6.62. The highest BCUT2D eigenvalue weighted by Crippen LogP contribution is 2.16. The highest BCUT2D eigenvalue weighted by Gasteiger charge is 2.12. The number of anilines is 2. The molecule has 0 saturated carbocycles. The summed E-state index contributed by atoms with van der Waals surface area (Å²) in [6.07, 6.45) is 0.749. The molecular formula is C23H28N2O5. The maximum Gasteiger partial charge on any atom is 0.338 e. The molecular weight excluding hydrogens is 384 g/mol. The molecule has 0 radical (unpaired) electrons. The van der Waals surface area contributed by atoms with E-state index in [1.54, 1.807) is 36.4 Å². The van der Waals surface area contributed by atoms with Crippen molar-refractivity contribution in [1.29, 1.82) is 0 Å². The Morgan fingerprint density at radius 3 is 1.87 bits per heavy atom. The molecule has 0 unspecified atom stereocenters. The first kappa shape index (κ1) is 22.9. The van der Waals surface area contributed by atoms with Crippen molar-refractivity contribution in [1.82, 2.24) is 0 Å². The molecule has 0 saturated heterocycles. The number of ether oxygens (including phenoxy) is 2. The number of carbonyl (C=O) groups is 3. The first-order valence-corrected chi connectivity index (χ1v) is 10.1. The molecule has 2 rings (SSSR count). The number of nitrogens with one attached hydrogen (secondary N) is 1. The van der Waals surface area contributed by atoms with Crippen LogP contribution in [0.4, 0.5) is 11.4 Å². The number of amides is 1. The number of rotatable bonds is 10. The van der Waals surface area contributed by atoms with Gasteiger partial charge in [-0.1, -0.05) is 6.92 Å². The fraction of sp³-hybridized carbons (Fsp3) is 0.348. The summed E-state index contributed by atoms with van der Waals surface area (Å²) in [6, 6.07) is 13.4. The maximum atomic E-state index is 12.2. The van der Waals surface area contributed by atoms with Gasteiger partial charge in [0.2, 0.25) is 0 Å². The quantitative estimate of drug-likeness (QED) is 0.596. The van der Waals surface area contributed by atoms with Crippen LogP contribution in [0.3, 0.4) is 0 Å². The number of hydrogen-bond donors (Lipinski definition) is 1. The van der Waals surface area contributed by atoms with E-state index in [9.17, 15) is 14.4 Å². The van der Waals surface area contributed by atoms with Crippen LogP contribution < -0.4 is 10.2 Å². The topological polar surface area (TPSA) is 84.9 Å². The number of esters is 2. The Kier molecular flexibility index (Phi) is 8.87. The standard InChI is InChI=1S/C23H28N2O5/c1-4-15-29-22(27)17-7-11-19(12-8-17)24-21(26)16-30-23(28)18-9-13-20(14-10-18)25(5-2)6-3/h7-14H,4-6,15-16H2,1-3H3,(H,24,26). The molecule has 160 valence electrons. The summed E-state index contributed by atoms with van der Waals surface area (Å²) in [5.74, 6) is -1.44. The molecule has 7 heteroatoms. The summed E-state index contributed by atoms with van der Waals surface area (Å²) in [4.78, 5) is 38.1. The molecule has 0 bridgehead atoms. The summed E-state index contributed by atoms with van der Waals surface area (Å²) < 4.78 is 10.1. The number of carbonyl (C=O) groups excluding carboxylic acids is 3. The zero-order chi connectivity index (χ0) is 21.9. The van der Waals surface area contributed by atoms with E-state index >= 15 is 0 Å². The molecule has 0 heterocycles. The smallest absolute Gasteiger partial charge is 0.338 e. The minimum Gasteiger partial charge on any atom is -0.462 e. The van der Waals surface area contributed by atoms with Crippen LogP contribution in [0.5, 0.6) is 0 Å². The normalized spacial score (nSPS) is 10.2. The van der Waals surface area contributed by atoms with Gasteiger partial charge in [-0.15, -0.1) is 0 Å². The lowest BCUT2D eigenvalue weighted by molar-refractivity contribution is -0.119. The van der Waals surface area contributed by atoms with Crippen molar-refractivity contribution < 1.29 is 23.9 Å². The monoisotopic (exact) mass is 412 g/mol. The highest BCUT2D eigenvalue weighted by molar-refractivity contribution is 5.96. The van der Waals surface area contributed by atoms with Gasteiger partial charge in [-0.25, -0.2) is 9.59 Å². The van der Waals surface area contributed by atoms with E-state index in [4.69, 9.17) is 9.47 Å². The fourth-order valence-corrected chi connectivity index (χ4v) is 2.78. The van der Waals surface area contributed by atoms with Gasteiger partial charge in [-0.05, 0) is 68.8 Å². The lowest BCUT2D eigenvalue weighted by Gasteiger charge is -2.20. The first-order chi connectivity index (χ1) is 14.5. The minimum atomic E-state index is -0.565. The van der Waals surface area contributed by atoms with Crippen molar-refractivity contribution in [3.05, 3.63) is 59.7 Å². The predicted octanol–water partition coefficient (Wildman–Crippen LogP) is 3.90. The summed E-state index contributed by atoms with van der Waals surface area (Å²) >= 11 is 0. The Hall–Kier alpha value is -3.35. The van der Waals surface area contributed by atoms with Gasteiger partial charge in [-0.2, -0.15) is 0 Å². The van der Waals surface area contributed by atoms with Crippen molar-refractivity contribution in [3.8, 4) is 0 Å². The average Bonchev–Trinajstić information content (AvgIpc) is 2.77. The van der Waals surface area contributed by atoms with Gasteiger partial charge in [-0.3, -0.25) is 4.79 Å². The molecule has 2 aromatic carbocycles. The Bertz CT molecular complexity index is 843. The van der Waals surface area contributed by atoms with Gasteiger partial charge < -0.3 is 19.7 Å². The average molecular weight is 412 g/mol. The lowest BCUT2D eigenvalue weighted by Crippen LogP contribution is -2.22. The van der Waals surface area contributed by atoms with Crippen LogP contribution in [-0.2, 0) is 14.3 Å². The zero-order valence-corrected chi connectivity index (χ0v) is 17.6. The van der Waals surface area contributed by atoms with E-state index in [0.29, 0.717) is 23.4 Å². The van der Waals surface area contributed by atoms with Crippen LogP contribution in [0, 0.1) is 0 Å². The fourth-order valence-electron chi connectivity index (χ4n) is 2.78. The van der Waals surface area contributed by atoms with E-state index in [1.165, 1.54) is 0 Å². The van der Waals surface area contributed by atoms with Crippen molar-refractivity contribution in [2.24, 2.45) is 0 Å². The Morgan fingerprint density at radius 1 is 0.800 bits per heavy atom. The molecule has 0 aliphatic carbocycles. The summed E-state index contributed by atoms with van der Waals surface area (Å²) in [7, 11) is 0.